The minimum Gasteiger partial charge on any atom is -0.473 e. The summed E-state index contributed by atoms with van der Waals surface area (Å²) in [6.07, 6.45) is -2.79. The molecular formula is C20H20F3N5OS. The van der Waals surface area contributed by atoms with Gasteiger partial charge in [-0.1, -0.05) is 36.4 Å². The highest BCUT2D eigenvalue weighted by atomic mass is 32.1. The average molecular weight is 435 g/mol. The molecule has 3 rings (SSSR count). The van der Waals surface area contributed by atoms with E-state index in [0.29, 0.717) is 30.0 Å². The molecule has 0 aliphatic rings. The maximum Gasteiger partial charge on any atom is 0.434 e. The number of nitrogens with one attached hydrogen (secondary N) is 2. The van der Waals surface area contributed by atoms with Gasteiger partial charge in [-0.15, -0.1) is 11.3 Å². The molecule has 0 fully saturated rings. The van der Waals surface area contributed by atoms with Gasteiger partial charge in [0.1, 0.15) is 11.6 Å². The number of alkyl halides is 3. The van der Waals surface area contributed by atoms with E-state index in [-0.39, 0.29) is 6.54 Å². The predicted octanol–water partition coefficient (Wildman–Crippen LogP) is 4.00. The first-order valence-electron chi connectivity index (χ1n) is 9.02. The lowest BCUT2D eigenvalue weighted by Gasteiger charge is -2.13. The van der Waals surface area contributed by atoms with Gasteiger partial charge >= 0.3 is 6.18 Å². The van der Waals surface area contributed by atoms with Gasteiger partial charge in [-0.3, -0.25) is 4.99 Å². The highest BCUT2D eigenvalue weighted by Crippen LogP contribution is 2.29. The van der Waals surface area contributed by atoms with E-state index in [4.69, 9.17) is 4.74 Å². The first kappa shape index (κ1) is 21.6. The van der Waals surface area contributed by atoms with Crippen molar-refractivity contribution in [1.29, 1.82) is 0 Å². The van der Waals surface area contributed by atoms with Crippen molar-refractivity contribution in [2.75, 3.05) is 7.05 Å². The molecule has 0 bridgehead atoms. The van der Waals surface area contributed by atoms with E-state index >= 15 is 0 Å². The second-order valence-corrected chi connectivity index (χ2v) is 7.09. The third-order valence-corrected chi connectivity index (χ3v) is 4.84. The molecule has 0 atom stereocenters. The van der Waals surface area contributed by atoms with E-state index in [0.717, 1.165) is 27.8 Å². The summed E-state index contributed by atoms with van der Waals surface area (Å²) in [5, 5.41) is 7.38. The monoisotopic (exact) mass is 435 g/mol. The number of rotatable bonds is 7. The fourth-order valence-corrected chi connectivity index (χ4v) is 3.24. The van der Waals surface area contributed by atoms with E-state index < -0.39 is 11.9 Å². The smallest absolute Gasteiger partial charge is 0.434 e. The number of aromatic nitrogens is 2. The number of benzene rings is 1. The molecule has 158 valence electrons. The molecule has 0 saturated carbocycles. The molecule has 0 aliphatic carbocycles. The molecule has 6 nitrogen and oxygen atoms in total. The number of ether oxygens (including phenoxy) is 1. The maximum absolute atomic E-state index is 12.7. The first-order valence-corrected chi connectivity index (χ1v) is 9.90. The summed E-state index contributed by atoms with van der Waals surface area (Å²) in [5.41, 5.74) is 0.967. The van der Waals surface area contributed by atoms with Crippen LogP contribution in [-0.2, 0) is 25.9 Å². The van der Waals surface area contributed by atoms with Crippen molar-refractivity contribution >= 4 is 17.3 Å². The number of thiazole rings is 1. The summed E-state index contributed by atoms with van der Waals surface area (Å²) in [7, 11) is 1.58. The van der Waals surface area contributed by atoms with Crippen LogP contribution in [0.3, 0.4) is 0 Å². The lowest BCUT2D eigenvalue weighted by Crippen LogP contribution is -2.36. The first-order chi connectivity index (χ1) is 14.5. The van der Waals surface area contributed by atoms with E-state index in [1.165, 1.54) is 0 Å². The Labute approximate surface area is 175 Å². The molecule has 10 heteroatoms. The van der Waals surface area contributed by atoms with Crippen molar-refractivity contribution in [2.45, 2.75) is 25.9 Å². The number of halogens is 3. The molecule has 30 heavy (non-hydrogen) atoms. The zero-order valence-corrected chi connectivity index (χ0v) is 16.9. The maximum atomic E-state index is 12.7. The summed E-state index contributed by atoms with van der Waals surface area (Å²) < 4.78 is 43.8. The van der Waals surface area contributed by atoms with Gasteiger partial charge < -0.3 is 15.4 Å². The van der Waals surface area contributed by atoms with Crippen molar-refractivity contribution in [2.24, 2.45) is 4.99 Å². The summed E-state index contributed by atoms with van der Waals surface area (Å²) in [5.74, 6) is 0.927. The Morgan fingerprint density at radius 2 is 1.87 bits per heavy atom. The molecule has 2 heterocycles. The summed E-state index contributed by atoms with van der Waals surface area (Å²) >= 11 is 0.944. The standard InChI is InChI=1S/C20H20F3N5OS/c1-24-19(27-11-17-28-16(13-30-17)20(21,22)23)26-10-15-8-5-9-25-18(15)29-12-14-6-3-2-4-7-14/h2-9,13H,10-12H2,1H3,(H2,24,26,27). The van der Waals surface area contributed by atoms with Crippen LogP contribution in [0.1, 0.15) is 21.8 Å². The average Bonchev–Trinajstić information content (AvgIpc) is 3.23. The summed E-state index contributed by atoms with van der Waals surface area (Å²) in [6, 6.07) is 13.4. The fourth-order valence-electron chi connectivity index (χ4n) is 2.50. The van der Waals surface area contributed by atoms with Gasteiger partial charge in [0.05, 0.1) is 6.54 Å². The van der Waals surface area contributed by atoms with Crippen molar-refractivity contribution in [3.05, 3.63) is 75.9 Å². The fraction of sp³-hybridized carbons (Fsp3) is 0.250. The topological polar surface area (TPSA) is 71.4 Å². The van der Waals surface area contributed by atoms with Crippen LogP contribution in [0.25, 0.3) is 0 Å². The van der Waals surface area contributed by atoms with E-state index in [2.05, 4.69) is 25.6 Å². The second-order valence-electron chi connectivity index (χ2n) is 6.15. The molecular weight excluding hydrogens is 415 g/mol. The van der Waals surface area contributed by atoms with Crippen LogP contribution in [0.2, 0.25) is 0 Å². The van der Waals surface area contributed by atoms with Gasteiger partial charge in [-0.05, 0) is 11.6 Å². The second kappa shape index (κ2) is 10.1. The van der Waals surface area contributed by atoms with Crippen LogP contribution in [0.4, 0.5) is 13.2 Å². The summed E-state index contributed by atoms with van der Waals surface area (Å²) in [4.78, 5) is 12.0. The van der Waals surface area contributed by atoms with Gasteiger partial charge in [0.25, 0.3) is 0 Å². The molecule has 0 aliphatic heterocycles. The van der Waals surface area contributed by atoms with Gasteiger partial charge in [0.2, 0.25) is 5.88 Å². The van der Waals surface area contributed by atoms with Gasteiger partial charge in [-0.25, -0.2) is 9.97 Å². The van der Waals surface area contributed by atoms with Crippen LogP contribution < -0.4 is 15.4 Å². The largest absolute Gasteiger partial charge is 0.473 e. The lowest BCUT2D eigenvalue weighted by molar-refractivity contribution is -0.140. The number of hydrogen-bond donors (Lipinski definition) is 2. The number of guanidine groups is 1. The highest BCUT2D eigenvalue weighted by molar-refractivity contribution is 7.09. The molecule has 1 aromatic carbocycles. The van der Waals surface area contributed by atoms with Crippen LogP contribution in [-0.4, -0.2) is 23.0 Å². The minimum atomic E-state index is -4.44. The van der Waals surface area contributed by atoms with Crippen molar-refractivity contribution in [3.63, 3.8) is 0 Å². The number of aliphatic imine (C=N–C) groups is 1. The van der Waals surface area contributed by atoms with Crippen molar-refractivity contribution in [1.82, 2.24) is 20.6 Å². The van der Waals surface area contributed by atoms with Gasteiger partial charge in [-0.2, -0.15) is 13.2 Å². The Balaban J connectivity index is 1.54. The Morgan fingerprint density at radius 1 is 1.10 bits per heavy atom. The molecule has 0 unspecified atom stereocenters. The zero-order valence-electron chi connectivity index (χ0n) is 16.1. The molecule has 2 aromatic heterocycles. The molecule has 0 saturated heterocycles. The van der Waals surface area contributed by atoms with E-state index in [1.54, 1.807) is 19.3 Å². The molecule has 3 aromatic rings. The van der Waals surface area contributed by atoms with Crippen molar-refractivity contribution in [3.8, 4) is 5.88 Å². The Kier molecular flexibility index (Phi) is 7.23. The quantitative estimate of drug-likeness (QED) is 0.434. The van der Waals surface area contributed by atoms with Crippen molar-refractivity contribution < 1.29 is 17.9 Å². The Hall–Kier alpha value is -3.14. The molecule has 0 spiro atoms. The number of nitrogens with zero attached hydrogens (tertiary/aromatic N) is 3. The highest BCUT2D eigenvalue weighted by Gasteiger charge is 2.33. The summed E-state index contributed by atoms with van der Waals surface area (Å²) in [6.45, 7) is 0.900. The third kappa shape index (κ3) is 6.18. The van der Waals surface area contributed by atoms with E-state index in [9.17, 15) is 13.2 Å². The number of pyridine rings is 1. The number of hydrogen-bond acceptors (Lipinski definition) is 5. The molecule has 0 radical (unpaired) electrons. The van der Waals surface area contributed by atoms with Gasteiger partial charge in [0, 0.05) is 30.7 Å². The predicted molar refractivity (Wildman–Crippen MR) is 109 cm³/mol. The van der Waals surface area contributed by atoms with Gasteiger partial charge in [0.15, 0.2) is 11.7 Å². The van der Waals surface area contributed by atoms with Crippen LogP contribution in [0.5, 0.6) is 5.88 Å². The third-order valence-electron chi connectivity index (χ3n) is 3.99. The van der Waals surface area contributed by atoms with E-state index in [1.807, 2.05) is 36.4 Å². The lowest BCUT2D eigenvalue weighted by atomic mass is 10.2. The zero-order chi connectivity index (χ0) is 21.4. The molecule has 2 N–H and O–H groups in total. The Bertz CT molecular complexity index is 976. The Morgan fingerprint density at radius 3 is 2.57 bits per heavy atom. The van der Waals surface area contributed by atoms with Crippen LogP contribution in [0, 0.1) is 0 Å². The SMILES string of the molecule is CN=C(NCc1nc(C(F)(F)F)cs1)NCc1cccnc1OCc1ccccc1. The molecule has 0 amide bonds. The van der Waals surface area contributed by atoms with Crippen LogP contribution >= 0.6 is 11.3 Å². The van der Waals surface area contributed by atoms with Crippen LogP contribution in [0.15, 0.2) is 59.0 Å². The normalized spacial score (nSPS) is 11.9. The minimum absolute atomic E-state index is 0.130.